The molecule has 2 aliphatic rings. The Balaban J connectivity index is 0.000000107. The minimum Gasteiger partial charge on any atom is -0.309 e. The van der Waals surface area contributed by atoms with Crippen LogP contribution >= 0.6 is 0 Å². The lowest BCUT2D eigenvalue weighted by atomic mass is 9.84. The van der Waals surface area contributed by atoms with Crippen LogP contribution in [0, 0.1) is 0 Å². The Morgan fingerprint density at radius 3 is 0.949 bits per heavy atom. The summed E-state index contributed by atoms with van der Waals surface area (Å²) in [7, 11) is 0. The molecule has 0 saturated carbocycles. The van der Waals surface area contributed by atoms with Crippen molar-refractivity contribution in [2.75, 3.05) is 0 Å². The number of aromatic nitrogens is 9. The van der Waals surface area contributed by atoms with Crippen molar-refractivity contribution < 1.29 is 0 Å². The first-order valence-corrected chi connectivity index (χ1v) is 47.1. The molecule has 0 bridgehead atoms. The van der Waals surface area contributed by atoms with E-state index >= 15 is 0 Å². The first-order valence-electron chi connectivity index (χ1n) is 47.1. The molecule has 7 aromatic heterocycles. The number of benzene rings is 19. The predicted octanol–water partition coefficient (Wildman–Crippen LogP) is 32.4. The van der Waals surface area contributed by atoms with Crippen LogP contribution in [0.1, 0.15) is 45.2 Å². The number of nitrogens with zero attached hydrogens (tertiary/aromatic N) is 9. The summed E-state index contributed by atoms with van der Waals surface area (Å²) in [4.78, 5) is 23.9. The topological polar surface area (TPSA) is 84.2 Å². The monoisotopic (exact) mass is 1760 g/mol. The van der Waals surface area contributed by atoms with E-state index in [4.69, 9.17) is 15.0 Å². The second kappa shape index (κ2) is 34.1. The van der Waals surface area contributed by atoms with Gasteiger partial charge in [0.1, 0.15) is 0 Å². The molecule has 19 aromatic carbocycles. The molecule has 7 heterocycles. The van der Waals surface area contributed by atoms with E-state index in [1.807, 2.05) is 85.5 Å². The first-order chi connectivity index (χ1) is 68.5. The SMILES string of the molecule is c1ccc(-c2cc(-c3ccccc3)nc(-c3cccc(C4c5ccccc5-c5cc6c(cc54)C(c4ccccc4)c4ccccc4-6)c3)c2)cc1.c1ccc(-c2ncc(-c3ccc(-n4c5ccccc5c5cc6c7ccccc7n(-c7ccccc7)c6cc54)cc3)cn2)cc1.c1ccc(-c2ncc(-c3cccc(-n4c5ccccc5c5cc6c7ccccc7n(-c7ccccc7)c6cc54)c3)cn2)cc1. The fourth-order valence-corrected chi connectivity index (χ4v) is 21.6. The molecule has 2 aliphatic carbocycles. The van der Waals surface area contributed by atoms with Gasteiger partial charge in [0, 0.05) is 136 Å². The van der Waals surface area contributed by atoms with E-state index in [9.17, 15) is 0 Å². The zero-order valence-corrected chi connectivity index (χ0v) is 75.1. The Hall–Kier alpha value is -18.3. The largest absolute Gasteiger partial charge is 0.309 e. The molecule has 0 radical (unpaired) electrons. The van der Waals surface area contributed by atoms with Crippen LogP contribution in [0.5, 0.6) is 0 Å². The van der Waals surface area contributed by atoms with Crippen molar-refractivity contribution in [1.82, 2.24) is 43.2 Å². The third-order valence-corrected chi connectivity index (χ3v) is 27.8. The molecule has 138 heavy (non-hydrogen) atoms. The summed E-state index contributed by atoms with van der Waals surface area (Å²) in [5.41, 5.74) is 40.3. The maximum atomic E-state index is 5.27. The molecule has 646 valence electrons. The van der Waals surface area contributed by atoms with Gasteiger partial charge in [-0.05, 0) is 199 Å². The van der Waals surface area contributed by atoms with Crippen molar-refractivity contribution in [3.8, 4) is 124 Å². The van der Waals surface area contributed by atoms with Gasteiger partial charge in [0.2, 0.25) is 0 Å². The van der Waals surface area contributed by atoms with E-state index in [1.54, 1.807) is 0 Å². The fraction of sp³-hybridized carbons (Fsp3) is 0.0155. The van der Waals surface area contributed by atoms with E-state index in [1.165, 1.54) is 154 Å². The molecular formula is C129H85N9. The second-order valence-corrected chi connectivity index (χ2v) is 35.7. The van der Waals surface area contributed by atoms with Gasteiger partial charge < -0.3 is 18.3 Å². The molecule has 0 N–H and O–H groups in total. The summed E-state index contributed by atoms with van der Waals surface area (Å²) in [6.45, 7) is 0. The Kier molecular flexibility index (Phi) is 19.9. The number of rotatable bonds is 13. The number of para-hydroxylation sites is 6. The van der Waals surface area contributed by atoms with Crippen LogP contribution < -0.4 is 0 Å². The second-order valence-electron chi connectivity index (χ2n) is 35.7. The third kappa shape index (κ3) is 14.1. The molecule has 0 fully saturated rings. The lowest BCUT2D eigenvalue weighted by Crippen LogP contribution is -2.03. The molecule has 0 amide bonds. The predicted molar refractivity (Wildman–Crippen MR) is 569 cm³/mol. The molecule has 2 atom stereocenters. The van der Waals surface area contributed by atoms with Gasteiger partial charge in [-0.25, -0.2) is 24.9 Å². The van der Waals surface area contributed by atoms with Crippen LogP contribution in [0.3, 0.4) is 0 Å². The van der Waals surface area contributed by atoms with E-state index in [0.29, 0.717) is 0 Å². The van der Waals surface area contributed by atoms with Gasteiger partial charge in [-0.3, -0.25) is 0 Å². The highest BCUT2D eigenvalue weighted by atomic mass is 15.0. The highest BCUT2D eigenvalue weighted by Gasteiger charge is 2.37. The lowest BCUT2D eigenvalue weighted by Gasteiger charge is -2.19. The summed E-state index contributed by atoms with van der Waals surface area (Å²) >= 11 is 0. The third-order valence-electron chi connectivity index (χ3n) is 27.8. The highest BCUT2D eigenvalue weighted by Crippen LogP contribution is 2.56. The Morgan fingerprint density at radius 2 is 0.486 bits per heavy atom. The van der Waals surface area contributed by atoms with E-state index in [0.717, 1.165) is 90.3 Å². The van der Waals surface area contributed by atoms with Crippen molar-refractivity contribution in [2.45, 2.75) is 11.8 Å². The Bertz CT molecular complexity index is 9090. The average molecular weight is 1760 g/mol. The fourth-order valence-electron chi connectivity index (χ4n) is 21.6. The highest BCUT2D eigenvalue weighted by molar-refractivity contribution is 6.21. The van der Waals surface area contributed by atoms with Crippen molar-refractivity contribution >= 4 is 87.2 Å². The first kappa shape index (κ1) is 80.5. The summed E-state index contributed by atoms with van der Waals surface area (Å²) in [6.07, 6.45) is 7.65. The maximum Gasteiger partial charge on any atom is 0.159 e. The van der Waals surface area contributed by atoms with E-state index in [-0.39, 0.29) is 11.8 Å². The number of hydrogen-bond donors (Lipinski definition) is 0. The summed E-state index contributed by atoms with van der Waals surface area (Å²) in [5, 5.41) is 10.00. The number of hydrogen-bond acceptors (Lipinski definition) is 5. The zero-order valence-electron chi connectivity index (χ0n) is 75.1. The van der Waals surface area contributed by atoms with Gasteiger partial charge in [0.15, 0.2) is 11.6 Å². The van der Waals surface area contributed by atoms with Crippen LogP contribution in [0.2, 0.25) is 0 Å². The quantitative estimate of drug-likeness (QED) is 0.115. The molecule has 0 aliphatic heterocycles. The molecule has 2 unspecified atom stereocenters. The molecule has 28 rings (SSSR count). The smallest absolute Gasteiger partial charge is 0.159 e. The van der Waals surface area contributed by atoms with E-state index < -0.39 is 0 Å². The van der Waals surface area contributed by atoms with Crippen LogP contribution in [0.4, 0.5) is 0 Å². The van der Waals surface area contributed by atoms with Gasteiger partial charge in [0.05, 0.1) is 55.5 Å². The van der Waals surface area contributed by atoms with Crippen LogP contribution in [-0.2, 0) is 0 Å². The molecule has 0 saturated heterocycles. The van der Waals surface area contributed by atoms with Gasteiger partial charge in [-0.1, -0.05) is 358 Å². The van der Waals surface area contributed by atoms with Crippen LogP contribution in [0.15, 0.2) is 504 Å². The number of fused-ring (bicyclic) bond motifs is 18. The molecule has 9 nitrogen and oxygen atoms in total. The van der Waals surface area contributed by atoms with E-state index in [2.05, 4.69) is 447 Å². The standard InChI is InChI=1S/C49H33N.2C40H26N4/c1-4-15-32(16-5-1)37-28-46(33-17-6-2-7-18-33)50-47(29-37)35-21-14-22-36(27-35)49-41-26-13-11-24-39(41)43-30-42-38-23-10-12-25-40(38)48(44(42)31-45(43)49)34-19-8-3-9-20-34;1-3-12-27(13-4-1)40-41-25-29(26-42-40)28-14-11-17-31(22-28)44-37-21-10-8-19-33(37)35-23-34-32-18-7-9-20-36(32)43(38(34)24-39(35)44)30-15-5-2-6-16-30;1-3-11-28(12-4-1)40-41-25-29(26-42-40)27-19-21-31(22-20-27)44-37-18-10-8-16-33(37)35-23-34-32-15-7-9-17-36(32)43(38(34)24-39(35)44)30-13-5-2-6-14-30/h1-31,48-49H;2*1-26H. The average Bonchev–Trinajstić information content (AvgIpc) is 1.56. The van der Waals surface area contributed by atoms with Gasteiger partial charge in [-0.15, -0.1) is 0 Å². The minimum atomic E-state index is 0.123. The van der Waals surface area contributed by atoms with Crippen molar-refractivity contribution in [3.63, 3.8) is 0 Å². The molecule has 26 aromatic rings. The van der Waals surface area contributed by atoms with Crippen molar-refractivity contribution in [1.29, 1.82) is 0 Å². The van der Waals surface area contributed by atoms with Crippen LogP contribution in [0.25, 0.3) is 211 Å². The van der Waals surface area contributed by atoms with Crippen molar-refractivity contribution in [3.05, 3.63) is 537 Å². The van der Waals surface area contributed by atoms with Crippen molar-refractivity contribution in [2.24, 2.45) is 0 Å². The summed E-state index contributed by atoms with van der Waals surface area (Å²) in [5.74, 6) is 1.79. The van der Waals surface area contributed by atoms with Gasteiger partial charge in [-0.2, -0.15) is 0 Å². The Morgan fingerprint density at radius 1 is 0.159 bits per heavy atom. The summed E-state index contributed by atoms with van der Waals surface area (Å²) < 4.78 is 9.54. The Labute approximate surface area is 797 Å². The molecular weight excluding hydrogens is 1680 g/mol. The summed E-state index contributed by atoms with van der Waals surface area (Å²) in [6, 6.07) is 172. The molecule has 9 heteroatoms. The zero-order chi connectivity index (χ0) is 91.1. The lowest BCUT2D eigenvalue weighted by molar-refractivity contribution is 0.982. The number of pyridine rings is 1. The minimum absolute atomic E-state index is 0.123. The normalized spacial score (nSPS) is 12.9. The van der Waals surface area contributed by atoms with Crippen LogP contribution in [-0.4, -0.2) is 43.2 Å². The van der Waals surface area contributed by atoms with Gasteiger partial charge in [0.25, 0.3) is 0 Å². The van der Waals surface area contributed by atoms with Gasteiger partial charge >= 0.3 is 0 Å². The molecule has 0 spiro atoms. The maximum absolute atomic E-state index is 5.27.